The molecule has 0 saturated heterocycles. The molecule has 0 unspecified atom stereocenters. The first-order valence-electron chi connectivity index (χ1n) is 8.06. The third-order valence-electron chi connectivity index (χ3n) is 4.34. The lowest BCUT2D eigenvalue weighted by atomic mass is 10.1. The van der Waals surface area contributed by atoms with E-state index >= 15 is 0 Å². The number of hydrogen-bond donors (Lipinski definition) is 0. The van der Waals surface area contributed by atoms with Crippen molar-refractivity contribution in [2.75, 3.05) is 6.79 Å². The number of carbonyl (C=O) groups excluding carboxylic acids is 1. The van der Waals surface area contributed by atoms with E-state index in [1.54, 1.807) is 11.0 Å². The van der Waals surface area contributed by atoms with Gasteiger partial charge in [-0.05, 0) is 36.6 Å². The average molecular weight is 340 g/mol. The van der Waals surface area contributed by atoms with Gasteiger partial charge in [-0.15, -0.1) is 0 Å². The maximum absolute atomic E-state index is 12.9. The number of rotatable bonds is 5. The van der Waals surface area contributed by atoms with Crippen LogP contribution in [0.4, 0.5) is 5.69 Å². The van der Waals surface area contributed by atoms with Gasteiger partial charge in [-0.2, -0.15) is 0 Å². The van der Waals surface area contributed by atoms with Crippen molar-refractivity contribution >= 4 is 11.6 Å². The molecule has 0 radical (unpaired) electrons. The van der Waals surface area contributed by atoms with Crippen LogP contribution in [0, 0.1) is 10.1 Å². The summed E-state index contributed by atoms with van der Waals surface area (Å²) in [5.74, 6) is 1.19. The zero-order chi connectivity index (χ0) is 17.4. The number of nitro groups is 1. The summed E-state index contributed by atoms with van der Waals surface area (Å²) >= 11 is 0. The maximum atomic E-state index is 12.9. The van der Waals surface area contributed by atoms with E-state index in [0.29, 0.717) is 23.6 Å². The lowest BCUT2D eigenvalue weighted by molar-refractivity contribution is -0.384. The highest BCUT2D eigenvalue weighted by Crippen LogP contribution is 2.35. The number of nitrogens with zero attached hydrogens (tertiary/aromatic N) is 2. The van der Waals surface area contributed by atoms with Crippen LogP contribution < -0.4 is 9.47 Å². The van der Waals surface area contributed by atoms with Crippen molar-refractivity contribution in [3.8, 4) is 11.5 Å². The Morgan fingerprint density at radius 3 is 2.72 bits per heavy atom. The van der Waals surface area contributed by atoms with Crippen molar-refractivity contribution in [2.45, 2.75) is 25.4 Å². The predicted molar refractivity (Wildman–Crippen MR) is 88.6 cm³/mol. The summed E-state index contributed by atoms with van der Waals surface area (Å²) in [6, 6.07) is 11.7. The van der Waals surface area contributed by atoms with Crippen molar-refractivity contribution in [3.05, 3.63) is 63.7 Å². The summed E-state index contributed by atoms with van der Waals surface area (Å²) in [7, 11) is 0. The molecule has 1 fully saturated rings. The van der Waals surface area contributed by atoms with Gasteiger partial charge in [-0.3, -0.25) is 14.9 Å². The topological polar surface area (TPSA) is 81.9 Å². The van der Waals surface area contributed by atoms with Crippen molar-refractivity contribution in [1.29, 1.82) is 0 Å². The molecule has 2 aromatic rings. The number of fused-ring (bicyclic) bond motifs is 1. The fraction of sp³-hybridized carbons (Fsp3) is 0.278. The summed E-state index contributed by atoms with van der Waals surface area (Å²) < 4.78 is 10.7. The molecule has 0 bridgehead atoms. The molecule has 2 aromatic carbocycles. The van der Waals surface area contributed by atoms with Crippen molar-refractivity contribution in [2.24, 2.45) is 0 Å². The first-order valence-corrected chi connectivity index (χ1v) is 8.06. The second-order valence-corrected chi connectivity index (χ2v) is 6.16. The molecule has 128 valence electrons. The third kappa shape index (κ3) is 3.13. The molecular weight excluding hydrogens is 324 g/mol. The number of non-ortho nitro benzene ring substituents is 1. The highest BCUT2D eigenvalue weighted by atomic mass is 16.7. The average Bonchev–Trinajstić information content (AvgIpc) is 3.36. The Hall–Kier alpha value is -3.09. The van der Waals surface area contributed by atoms with Crippen LogP contribution in [-0.2, 0) is 6.54 Å². The Labute approximate surface area is 143 Å². The van der Waals surface area contributed by atoms with E-state index in [0.717, 1.165) is 18.4 Å². The first kappa shape index (κ1) is 15.4. The smallest absolute Gasteiger partial charge is 0.270 e. The minimum atomic E-state index is -0.490. The standard InChI is InChI=1S/C18H16N2O5/c21-18(13-2-1-3-15(9-13)20(22)23)19(14-5-6-14)10-12-4-7-16-17(8-12)25-11-24-16/h1-4,7-9,14H,5-6,10-11H2. The monoisotopic (exact) mass is 340 g/mol. The lowest BCUT2D eigenvalue weighted by Gasteiger charge is -2.22. The molecule has 1 amide bonds. The van der Waals surface area contributed by atoms with Gasteiger partial charge in [-0.1, -0.05) is 12.1 Å². The molecule has 2 aliphatic rings. The van der Waals surface area contributed by atoms with E-state index in [4.69, 9.17) is 9.47 Å². The fourth-order valence-electron chi connectivity index (χ4n) is 2.91. The van der Waals surface area contributed by atoms with Gasteiger partial charge in [0.1, 0.15) is 0 Å². The number of benzene rings is 2. The molecule has 1 aliphatic heterocycles. The van der Waals surface area contributed by atoms with Crippen LogP contribution in [0.2, 0.25) is 0 Å². The first-order chi connectivity index (χ1) is 12.1. The van der Waals surface area contributed by atoms with E-state index in [-0.39, 0.29) is 24.4 Å². The molecule has 0 N–H and O–H groups in total. The van der Waals surface area contributed by atoms with Crippen molar-refractivity contribution in [3.63, 3.8) is 0 Å². The van der Waals surface area contributed by atoms with Crippen LogP contribution in [0.15, 0.2) is 42.5 Å². The molecule has 25 heavy (non-hydrogen) atoms. The number of amides is 1. The molecule has 7 heteroatoms. The van der Waals surface area contributed by atoms with Gasteiger partial charge in [0, 0.05) is 30.3 Å². The quantitative estimate of drug-likeness (QED) is 0.617. The van der Waals surface area contributed by atoms with E-state index < -0.39 is 4.92 Å². The Balaban J connectivity index is 1.58. The Morgan fingerprint density at radius 1 is 1.16 bits per heavy atom. The summed E-state index contributed by atoms with van der Waals surface area (Å²) in [5, 5.41) is 10.9. The normalized spacial score (nSPS) is 15.0. The van der Waals surface area contributed by atoms with Crippen LogP contribution in [0.3, 0.4) is 0 Å². The third-order valence-corrected chi connectivity index (χ3v) is 4.34. The highest BCUT2D eigenvalue weighted by molar-refractivity contribution is 5.95. The maximum Gasteiger partial charge on any atom is 0.270 e. The summed E-state index contributed by atoms with van der Waals surface area (Å²) in [6.07, 6.45) is 1.90. The predicted octanol–water partition coefficient (Wildman–Crippen LogP) is 3.13. The number of hydrogen-bond acceptors (Lipinski definition) is 5. The fourth-order valence-corrected chi connectivity index (χ4v) is 2.91. The van der Waals surface area contributed by atoms with E-state index in [2.05, 4.69) is 0 Å². The van der Waals surface area contributed by atoms with Gasteiger partial charge >= 0.3 is 0 Å². The second kappa shape index (κ2) is 6.08. The van der Waals surface area contributed by atoms with Gasteiger partial charge in [0.15, 0.2) is 11.5 Å². The van der Waals surface area contributed by atoms with Crippen LogP contribution in [0.1, 0.15) is 28.8 Å². The Morgan fingerprint density at radius 2 is 1.96 bits per heavy atom. The second-order valence-electron chi connectivity index (χ2n) is 6.16. The molecule has 7 nitrogen and oxygen atoms in total. The van der Waals surface area contributed by atoms with Gasteiger partial charge in [0.25, 0.3) is 11.6 Å². The van der Waals surface area contributed by atoms with Crippen LogP contribution in [0.5, 0.6) is 11.5 Å². The van der Waals surface area contributed by atoms with Gasteiger partial charge in [0.2, 0.25) is 6.79 Å². The molecule has 1 aliphatic carbocycles. The Kier molecular flexibility index (Phi) is 3.76. The molecule has 1 heterocycles. The lowest BCUT2D eigenvalue weighted by Crippen LogP contribution is -2.32. The minimum Gasteiger partial charge on any atom is -0.454 e. The summed E-state index contributed by atoms with van der Waals surface area (Å²) in [6.45, 7) is 0.639. The van der Waals surface area contributed by atoms with Crippen molar-refractivity contribution < 1.29 is 19.2 Å². The summed E-state index contributed by atoms with van der Waals surface area (Å²) in [5.41, 5.74) is 1.20. The van der Waals surface area contributed by atoms with Crippen molar-refractivity contribution in [1.82, 2.24) is 4.90 Å². The molecule has 1 saturated carbocycles. The largest absolute Gasteiger partial charge is 0.454 e. The van der Waals surface area contributed by atoms with E-state index in [1.807, 2.05) is 18.2 Å². The van der Waals surface area contributed by atoms with E-state index in [9.17, 15) is 14.9 Å². The van der Waals surface area contributed by atoms with Gasteiger partial charge in [0.05, 0.1) is 4.92 Å². The zero-order valence-corrected chi connectivity index (χ0v) is 13.4. The van der Waals surface area contributed by atoms with Crippen LogP contribution in [0.25, 0.3) is 0 Å². The highest BCUT2D eigenvalue weighted by Gasteiger charge is 2.33. The number of nitro benzene ring substituents is 1. The Bertz CT molecular complexity index is 847. The van der Waals surface area contributed by atoms with Gasteiger partial charge < -0.3 is 14.4 Å². The van der Waals surface area contributed by atoms with Crippen LogP contribution >= 0.6 is 0 Å². The molecule has 0 atom stereocenters. The minimum absolute atomic E-state index is 0.0790. The molecule has 0 spiro atoms. The number of ether oxygens (including phenoxy) is 2. The molecular formula is C18H16N2O5. The van der Waals surface area contributed by atoms with Crippen LogP contribution in [-0.4, -0.2) is 28.6 Å². The number of carbonyl (C=O) groups is 1. The zero-order valence-electron chi connectivity index (χ0n) is 13.4. The molecule has 4 rings (SSSR count). The van der Waals surface area contributed by atoms with Gasteiger partial charge in [-0.25, -0.2) is 0 Å². The summed E-state index contributed by atoms with van der Waals surface area (Å²) in [4.78, 5) is 25.1. The van der Waals surface area contributed by atoms with E-state index in [1.165, 1.54) is 18.2 Å². The molecule has 0 aromatic heterocycles. The SMILES string of the molecule is O=C(c1cccc([N+](=O)[O-])c1)N(Cc1ccc2c(c1)OCO2)C1CC1.